The SMILES string of the molecule is C=C(N)C1CCN(c2ncc(C(=O)Nc3ccc(OC(F)(F)F)cc3)cc2-c2cncnc2)CC1. The van der Waals surface area contributed by atoms with E-state index in [4.69, 9.17) is 5.73 Å². The van der Waals surface area contributed by atoms with E-state index in [1.165, 1.54) is 24.7 Å². The van der Waals surface area contributed by atoms with Crippen molar-refractivity contribution in [3.05, 3.63) is 73.1 Å². The molecule has 1 fully saturated rings. The van der Waals surface area contributed by atoms with Crippen molar-refractivity contribution in [2.24, 2.45) is 11.7 Å². The lowest BCUT2D eigenvalue weighted by molar-refractivity contribution is -0.274. The average molecular weight is 484 g/mol. The number of hydrogen-bond acceptors (Lipinski definition) is 7. The number of pyridine rings is 1. The van der Waals surface area contributed by atoms with E-state index in [9.17, 15) is 18.0 Å². The number of anilines is 2. The molecule has 0 unspecified atom stereocenters. The topological polar surface area (TPSA) is 106 Å². The third-order valence-corrected chi connectivity index (χ3v) is 5.67. The Morgan fingerprint density at radius 1 is 1.11 bits per heavy atom. The van der Waals surface area contributed by atoms with Gasteiger partial charge in [0.1, 0.15) is 17.9 Å². The first-order valence-corrected chi connectivity index (χ1v) is 10.8. The van der Waals surface area contributed by atoms with Crippen LogP contribution in [0.5, 0.6) is 5.75 Å². The van der Waals surface area contributed by atoms with Gasteiger partial charge in [-0.05, 0) is 43.2 Å². The third kappa shape index (κ3) is 6.05. The highest BCUT2D eigenvalue weighted by Crippen LogP contribution is 2.33. The average Bonchev–Trinajstić information content (AvgIpc) is 2.84. The highest BCUT2D eigenvalue weighted by atomic mass is 19.4. The van der Waals surface area contributed by atoms with Gasteiger partial charge in [0.2, 0.25) is 0 Å². The number of carbonyl (C=O) groups excluding carboxylic acids is 1. The number of rotatable bonds is 6. The van der Waals surface area contributed by atoms with Crippen LogP contribution >= 0.6 is 0 Å². The first-order valence-electron chi connectivity index (χ1n) is 10.8. The highest BCUT2D eigenvalue weighted by molar-refractivity contribution is 6.05. The molecule has 3 heterocycles. The Balaban J connectivity index is 1.56. The van der Waals surface area contributed by atoms with Gasteiger partial charge in [0, 0.05) is 60.1 Å². The quantitative estimate of drug-likeness (QED) is 0.535. The van der Waals surface area contributed by atoms with Gasteiger partial charge >= 0.3 is 6.36 Å². The van der Waals surface area contributed by atoms with Crippen LogP contribution in [0.25, 0.3) is 11.1 Å². The number of aromatic nitrogens is 3. The summed E-state index contributed by atoms with van der Waals surface area (Å²) in [6.07, 6.45) is 3.07. The molecule has 0 aliphatic carbocycles. The van der Waals surface area contributed by atoms with Crippen LogP contribution in [0.1, 0.15) is 23.2 Å². The zero-order chi connectivity index (χ0) is 25.0. The number of alkyl halides is 3. The van der Waals surface area contributed by atoms with Crippen molar-refractivity contribution in [2.45, 2.75) is 19.2 Å². The number of ether oxygens (including phenoxy) is 1. The lowest BCUT2D eigenvalue weighted by Gasteiger charge is -2.34. The number of allylic oxidation sites excluding steroid dienone is 1. The van der Waals surface area contributed by atoms with Crippen molar-refractivity contribution >= 4 is 17.4 Å². The molecule has 182 valence electrons. The summed E-state index contributed by atoms with van der Waals surface area (Å²) in [5, 5.41) is 2.66. The lowest BCUT2D eigenvalue weighted by Crippen LogP contribution is -2.36. The first-order chi connectivity index (χ1) is 16.7. The molecule has 3 N–H and O–H groups in total. The number of halogens is 3. The molecule has 0 saturated carbocycles. The summed E-state index contributed by atoms with van der Waals surface area (Å²) in [5.74, 6) is 0.110. The second-order valence-corrected chi connectivity index (χ2v) is 8.08. The summed E-state index contributed by atoms with van der Waals surface area (Å²) >= 11 is 0. The van der Waals surface area contributed by atoms with Crippen LogP contribution in [0, 0.1) is 5.92 Å². The van der Waals surface area contributed by atoms with Gasteiger partial charge in [-0.1, -0.05) is 6.58 Å². The molecule has 11 heteroatoms. The number of amides is 1. The van der Waals surface area contributed by atoms with Gasteiger partial charge in [-0.25, -0.2) is 15.0 Å². The molecule has 1 aliphatic rings. The Bertz CT molecular complexity index is 1190. The number of nitrogens with one attached hydrogen (secondary N) is 1. The van der Waals surface area contributed by atoms with Crippen LogP contribution in [0.3, 0.4) is 0 Å². The van der Waals surface area contributed by atoms with Crippen molar-refractivity contribution < 1.29 is 22.7 Å². The van der Waals surface area contributed by atoms with Crippen LogP contribution in [0.15, 0.2) is 67.5 Å². The smallest absolute Gasteiger partial charge is 0.406 e. The minimum Gasteiger partial charge on any atom is -0.406 e. The molecule has 0 atom stereocenters. The van der Waals surface area contributed by atoms with Gasteiger partial charge in [-0.15, -0.1) is 13.2 Å². The minimum absolute atomic E-state index is 0.257. The molecule has 1 amide bonds. The Morgan fingerprint density at radius 2 is 1.77 bits per heavy atom. The fourth-order valence-corrected chi connectivity index (χ4v) is 3.89. The van der Waals surface area contributed by atoms with Crippen LogP contribution in [0.4, 0.5) is 24.7 Å². The molecule has 0 spiro atoms. The summed E-state index contributed by atoms with van der Waals surface area (Å²) in [4.78, 5) is 27.8. The molecule has 0 radical (unpaired) electrons. The fraction of sp³-hybridized carbons (Fsp3) is 0.250. The molecule has 3 aromatic rings. The van der Waals surface area contributed by atoms with Crippen molar-refractivity contribution in [2.75, 3.05) is 23.3 Å². The van der Waals surface area contributed by atoms with Crippen molar-refractivity contribution in [3.8, 4) is 16.9 Å². The number of benzene rings is 1. The largest absolute Gasteiger partial charge is 0.573 e. The van der Waals surface area contributed by atoms with Gasteiger partial charge in [0.25, 0.3) is 5.91 Å². The van der Waals surface area contributed by atoms with Gasteiger partial charge < -0.3 is 20.7 Å². The van der Waals surface area contributed by atoms with Gasteiger partial charge in [0.15, 0.2) is 0 Å². The zero-order valence-corrected chi connectivity index (χ0v) is 18.6. The van der Waals surface area contributed by atoms with Gasteiger partial charge in [-0.2, -0.15) is 0 Å². The minimum atomic E-state index is -4.79. The van der Waals surface area contributed by atoms with E-state index in [1.54, 1.807) is 18.5 Å². The normalized spacial score (nSPS) is 14.4. The molecule has 35 heavy (non-hydrogen) atoms. The third-order valence-electron chi connectivity index (χ3n) is 5.67. The molecule has 2 aromatic heterocycles. The highest BCUT2D eigenvalue weighted by Gasteiger charge is 2.31. The molecule has 1 aromatic carbocycles. The summed E-state index contributed by atoms with van der Waals surface area (Å²) < 4.78 is 40.9. The van der Waals surface area contributed by atoms with Crippen molar-refractivity contribution in [3.63, 3.8) is 0 Å². The Kier molecular flexibility index (Phi) is 6.85. The van der Waals surface area contributed by atoms with Crippen LogP contribution in [-0.4, -0.2) is 40.3 Å². The summed E-state index contributed by atoms with van der Waals surface area (Å²) in [7, 11) is 0. The molecular formula is C24H23F3N6O2. The summed E-state index contributed by atoms with van der Waals surface area (Å²) in [6, 6.07) is 6.59. The number of piperidine rings is 1. The predicted molar refractivity (Wildman–Crippen MR) is 125 cm³/mol. The molecule has 1 saturated heterocycles. The maximum atomic E-state index is 12.9. The first kappa shape index (κ1) is 24.0. The van der Waals surface area contributed by atoms with E-state index in [-0.39, 0.29) is 17.2 Å². The van der Waals surface area contributed by atoms with E-state index in [1.807, 2.05) is 0 Å². The fourth-order valence-electron chi connectivity index (χ4n) is 3.89. The maximum absolute atomic E-state index is 12.9. The van der Waals surface area contributed by atoms with Crippen LogP contribution in [0.2, 0.25) is 0 Å². The predicted octanol–water partition coefficient (Wildman–Crippen LogP) is 4.38. The Morgan fingerprint density at radius 3 is 2.37 bits per heavy atom. The van der Waals surface area contributed by atoms with Crippen LogP contribution < -0.4 is 20.7 Å². The second-order valence-electron chi connectivity index (χ2n) is 8.08. The Labute approximate surface area is 199 Å². The second kappa shape index (κ2) is 10.00. The molecule has 0 bridgehead atoms. The number of nitrogens with two attached hydrogens (primary N) is 1. The monoisotopic (exact) mass is 484 g/mol. The number of carbonyl (C=O) groups is 1. The molecular weight excluding hydrogens is 461 g/mol. The van der Waals surface area contributed by atoms with Gasteiger partial charge in [0.05, 0.1) is 5.56 Å². The standard InChI is InChI=1S/C24H23F3N6O2/c1-15(28)16-6-8-33(9-7-16)22-21(18-11-29-14-30-12-18)10-17(13-31-22)23(34)32-19-2-4-20(5-3-19)35-24(25,26)27/h2-5,10-14,16H,1,6-9,28H2,(H,32,34). The van der Waals surface area contributed by atoms with E-state index < -0.39 is 12.3 Å². The van der Waals surface area contributed by atoms with E-state index >= 15 is 0 Å². The van der Waals surface area contributed by atoms with Gasteiger partial charge in [-0.3, -0.25) is 4.79 Å². The van der Waals surface area contributed by atoms with E-state index in [0.29, 0.717) is 28.3 Å². The lowest BCUT2D eigenvalue weighted by atomic mass is 9.94. The number of nitrogens with zero attached hydrogens (tertiary/aromatic N) is 4. The maximum Gasteiger partial charge on any atom is 0.573 e. The van der Waals surface area contributed by atoms with Crippen molar-refractivity contribution in [1.29, 1.82) is 0 Å². The molecule has 1 aliphatic heterocycles. The van der Waals surface area contributed by atoms with E-state index in [0.717, 1.165) is 38.1 Å². The molecule has 8 nitrogen and oxygen atoms in total. The van der Waals surface area contributed by atoms with Crippen molar-refractivity contribution in [1.82, 2.24) is 15.0 Å². The summed E-state index contributed by atoms with van der Waals surface area (Å²) in [5.41, 5.74) is 8.53. The Hall–Kier alpha value is -4.15. The summed E-state index contributed by atoms with van der Waals surface area (Å²) in [6.45, 7) is 5.31. The number of hydrogen-bond donors (Lipinski definition) is 2. The van der Waals surface area contributed by atoms with Crippen LogP contribution in [-0.2, 0) is 0 Å². The zero-order valence-electron chi connectivity index (χ0n) is 18.6. The molecule has 4 rings (SSSR count). The van der Waals surface area contributed by atoms with E-state index in [2.05, 4.69) is 36.5 Å².